The summed E-state index contributed by atoms with van der Waals surface area (Å²) in [6.07, 6.45) is 1.50. The molecule has 2 aromatic rings. The molecule has 2 saturated heterocycles. The van der Waals surface area contributed by atoms with Gasteiger partial charge in [-0.2, -0.15) is 0 Å². The van der Waals surface area contributed by atoms with Gasteiger partial charge in [-0.1, -0.05) is 0 Å². The number of rotatable bonds is 5. The highest BCUT2D eigenvalue weighted by molar-refractivity contribution is 5.82. The van der Waals surface area contributed by atoms with Crippen LogP contribution < -0.4 is 15.0 Å². The zero-order chi connectivity index (χ0) is 20.4. The smallest absolute Gasteiger partial charge is 0.258 e. The van der Waals surface area contributed by atoms with E-state index in [1.165, 1.54) is 7.11 Å². The van der Waals surface area contributed by atoms with Crippen molar-refractivity contribution in [2.75, 3.05) is 47.0 Å². The Labute approximate surface area is 168 Å². The minimum absolute atomic E-state index is 0.0976. The van der Waals surface area contributed by atoms with Crippen molar-refractivity contribution in [1.82, 2.24) is 19.8 Å². The number of piperazine rings is 1. The lowest BCUT2D eigenvalue weighted by molar-refractivity contribution is -0.142. The lowest BCUT2D eigenvalue weighted by Crippen LogP contribution is -2.51. The number of aromatic nitrogens is 2. The van der Waals surface area contributed by atoms with Gasteiger partial charge in [-0.3, -0.25) is 14.5 Å². The summed E-state index contributed by atoms with van der Waals surface area (Å²) in [4.78, 5) is 36.5. The van der Waals surface area contributed by atoms with E-state index in [4.69, 9.17) is 14.2 Å². The van der Waals surface area contributed by atoms with Crippen LogP contribution in [0.1, 0.15) is 18.7 Å². The molecule has 0 unspecified atom stereocenters. The summed E-state index contributed by atoms with van der Waals surface area (Å²) in [7, 11) is 3.08. The molecule has 0 saturated carbocycles. The summed E-state index contributed by atoms with van der Waals surface area (Å²) in [6, 6.07) is 3.35. The van der Waals surface area contributed by atoms with Crippen molar-refractivity contribution in [3.8, 4) is 11.5 Å². The van der Waals surface area contributed by atoms with E-state index >= 15 is 0 Å². The Hall–Kier alpha value is -2.65. The number of benzene rings is 1. The Morgan fingerprint density at radius 2 is 1.93 bits per heavy atom. The predicted molar refractivity (Wildman–Crippen MR) is 106 cm³/mol. The quantitative estimate of drug-likeness (QED) is 0.789. The van der Waals surface area contributed by atoms with Gasteiger partial charge >= 0.3 is 0 Å². The molecule has 29 heavy (non-hydrogen) atoms. The molecular weight excluding hydrogens is 376 g/mol. The average molecular weight is 402 g/mol. The van der Waals surface area contributed by atoms with Crippen molar-refractivity contribution in [3.05, 3.63) is 28.3 Å². The highest BCUT2D eigenvalue weighted by Gasteiger charge is 2.30. The molecule has 0 spiro atoms. The molecule has 2 aliphatic heterocycles. The molecule has 9 nitrogen and oxygen atoms in total. The maximum Gasteiger partial charge on any atom is 0.258 e. The molecule has 9 heteroatoms. The van der Waals surface area contributed by atoms with E-state index in [0.29, 0.717) is 54.5 Å². The molecule has 0 aliphatic carbocycles. The molecule has 0 bridgehead atoms. The molecule has 3 heterocycles. The maximum atomic E-state index is 12.5. The number of hydrogen-bond acceptors (Lipinski definition) is 7. The molecule has 4 rings (SSSR count). The van der Waals surface area contributed by atoms with Crippen LogP contribution in [-0.2, 0) is 16.1 Å². The number of fused-ring (bicyclic) bond motifs is 1. The van der Waals surface area contributed by atoms with Gasteiger partial charge in [0.15, 0.2) is 11.5 Å². The number of H-pyrrole nitrogens is 1. The lowest BCUT2D eigenvalue weighted by atomic mass is 10.2. The summed E-state index contributed by atoms with van der Waals surface area (Å²) in [5, 5.41) is 0.457. The number of amides is 1. The van der Waals surface area contributed by atoms with Crippen LogP contribution in [0, 0.1) is 0 Å². The Kier molecular flexibility index (Phi) is 5.68. The first-order chi connectivity index (χ1) is 14.1. The van der Waals surface area contributed by atoms with Gasteiger partial charge in [0.1, 0.15) is 11.9 Å². The van der Waals surface area contributed by atoms with E-state index in [1.54, 1.807) is 19.2 Å². The van der Waals surface area contributed by atoms with Crippen molar-refractivity contribution in [1.29, 1.82) is 0 Å². The van der Waals surface area contributed by atoms with Gasteiger partial charge in [0.2, 0.25) is 0 Å². The number of carbonyl (C=O) groups excluding carboxylic acids is 1. The molecule has 1 aromatic heterocycles. The summed E-state index contributed by atoms with van der Waals surface area (Å²) in [5.41, 5.74) is 0.353. The van der Waals surface area contributed by atoms with Crippen molar-refractivity contribution in [3.63, 3.8) is 0 Å². The van der Waals surface area contributed by atoms with E-state index in [9.17, 15) is 9.59 Å². The van der Waals surface area contributed by atoms with E-state index < -0.39 is 0 Å². The minimum atomic E-state index is -0.271. The number of nitrogens with zero attached hydrogens (tertiary/aromatic N) is 3. The van der Waals surface area contributed by atoms with Gasteiger partial charge in [0, 0.05) is 38.9 Å². The van der Waals surface area contributed by atoms with Crippen LogP contribution in [0.3, 0.4) is 0 Å². The fourth-order valence-corrected chi connectivity index (χ4v) is 3.90. The second-order valence-electron chi connectivity index (χ2n) is 7.34. The fourth-order valence-electron chi connectivity index (χ4n) is 3.90. The summed E-state index contributed by atoms with van der Waals surface area (Å²) >= 11 is 0. The predicted octanol–water partition coefficient (Wildman–Crippen LogP) is 0.764. The van der Waals surface area contributed by atoms with Crippen LogP contribution in [0.2, 0.25) is 0 Å². The highest BCUT2D eigenvalue weighted by atomic mass is 16.5. The highest BCUT2D eigenvalue weighted by Crippen LogP contribution is 2.30. The molecule has 2 aliphatic rings. The molecular formula is C20H26N4O5. The normalized spacial score (nSPS) is 20.2. The third kappa shape index (κ3) is 4.06. The lowest BCUT2D eigenvalue weighted by Gasteiger charge is -2.35. The summed E-state index contributed by atoms with van der Waals surface area (Å²) in [6.45, 7) is 3.96. The maximum absolute atomic E-state index is 12.5. The number of nitrogens with one attached hydrogen (secondary N) is 1. The molecule has 1 amide bonds. The topological polar surface area (TPSA) is 97.0 Å². The Morgan fingerprint density at radius 1 is 1.21 bits per heavy atom. The molecule has 0 radical (unpaired) electrons. The van der Waals surface area contributed by atoms with Crippen LogP contribution in [-0.4, -0.2) is 78.8 Å². The molecule has 1 N–H and O–H groups in total. The van der Waals surface area contributed by atoms with Crippen molar-refractivity contribution in [2.24, 2.45) is 0 Å². The minimum Gasteiger partial charge on any atom is -0.493 e. The first-order valence-corrected chi connectivity index (χ1v) is 9.86. The Morgan fingerprint density at radius 3 is 2.59 bits per heavy atom. The van der Waals surface area contributed by atoms with Crippen molar-refractivity contribution < 1.29 is 19.0 Å². The molecule has 2 fully saturated rings. The van der Waals surface area contributed by atoms with Crippen molar-refractivity contribution >= 4 is 16.8 Å². The van der Waals surface area contributed by atoms with Gasteiger partial charge < -0.3 is 24.1 Å². The average Bonchev–Trinajstić information content (AvgIpc) is 3.28. The molecule has 1 atom stereocenters. The third-order valence-electron chi connectivity index (χ3n) is 5.52. The standard InChI is InChI=1S/C20H26N4O5/c1-27-16-10-13-14(11-17(16)28-2)21-18(22-19(13)25)12-23-5-7-24(8-6-23)20(26)15-4-3-9-29-15/h10-11,15H,3-9,12H2,1-2H3,(H,21,22,25)/t15-/m0/s1. The number of methoxy groups -OCH3 is 2. The van der Waals surface area contributed by atoms with Gasteiger partial charge in [-0.25, -0.2) is 4.98 Å². The summed E-state index contributed by atoms with van der Waals surface area (Å²) < 4.78 is 16.1. The molecule has 1 aromatic carbocycles. The number of ether oxygens (including phenoxy) is 3. The van der Waals surface area contributed by atoms with Crippen LogP contribution in [0.15, 0.2) is 16.9 Å². The third-order valence-corrected chi connectivity index (χ3v) is 5.52. The van der Waals surface area contributed by atoms with Crippen LogP contribution in [0.25, 0.3) is 10.9 Å². The second kappa shape index (κ2) is 8.38. The van der Waals surface area contributed by atoms with Crippen LogP contribution in [0.4, 0.5) is 0 Å². The largest absolute Gasteiger partial charge is 0.493 e. The van der Waals surface area contributed by atoms with Crippen molar-refractivity contribution in [2.45, 2.75) is 25.5 Å². The second-order valence-corrected chi connectivity index (χ2v) is 7.34. The fraction of sp³-hybridized carbons (Fsp3) is 0.550. The first-order valence-electron chi connectivity index (χ1n) is 9.86. The number of aromatic amines is 1. The van der Waals surface area contributed by atoms with Gasteiger partial charge in [-0.15, -0.1) is 0 Å². The van der Waals surface area contributed by atoms with E-state index in [2.05, 4.69) is 14.9 Å². The molecule has 156 valence electrons. The van der Waals surface area contributed by atoms with Gasteiger partial charge in [0.05, 0.1) is 31.7 Å². The van der Waals surface area contributed by atoms with Gasteiger partial charge in [0.25, 0.3) is 11.5 Å². The van der Waals surface area contributed by atoms with E-state index in [1.807, 2.05) is 4.90 Å². The Bertz CT molecular complexity index is 946. The monoisotopic (exact) mass is 402 g/mol. The summed E-state index contributed by atoms with van der Waals surface area (Å²) in [5.74, 6) is 1.71. The number of hydrogen-bond donors (Lipinski definition) is 1. The first kappa shape index (κ1) is 19.7. The zero-order valence-corrected chi connectivity index (χ0v) is 16.8. The zero-order valence-electron chi connectivity index (χ0n) is 16.8. The van der Waals surface area contributed by atoms with E-state index in [-0.39, 0.29) is 17.6 Å². The van der Waals surface area contributed by atoms with Crippen LogP contribution >= 0.6 is 0 Å². The van der Waals surface area contributed by atoms with Crippen LogP contribution in [0.5, 0.6) is 11.5 Å². The SMILES string of the molecule is COc1cc2nc(CN3CCN(C(=O)[C@@H]4CCCO4)CC3)[nH]c(=O)c2cc1OC. The Balaban J connectivity index is 1.44. The number of carbonyl (C=O) groups is 1. The van der Waals surface area contributed by atoms with Gasteiger partial charge in [-0.05, 0) is 18.9 Å². The van der Waals surface area contributed by atoms with E-state index in [0.717, 1.165) is 25.9 Å².